The predicted molar refractivity (Wildman–Crippen MR) is 94.7 cm³/mol. The van der Waals surface area contributed by atoms with Gasteiger partial charge >= 0.3 is 0 Å². The van der Waals surface area contributed by atoms with E-state index in [9.17, 15) is 0 Å². The molecule has 0 aliphatic heterocycles. The highest BCUT2D eigenvalue weighted by atomic mass is 16.5. The van der Waals surface area contributed by atoms with E-state index in [4.69, 9.17) is 10.5 Å². The molecule has 0 aromatic heterocycles. The van der Waals surface area contributed by atoms with Gasteiger partial charge in [0.1, 0.15) is 5.75 Å². The second-order valence-electron chi connectivity index (χ2n) is 5.80. The van der Waals surface area contributed by atoms with E-state index in [-0.39, 0.29) is 5.54 Å². The van der Waals surface area contributed by atoms with E-state index in [1.54, 1.807) is 7.11 Å². The van der Waals surface area contributed by atoms with Crippen molar-refractivity contribution in [1.29, 1.82) is 0 Å². The average molecular weight is 293 g/mol. The molecule has 0 radical (unpaired) electrons. The van der Waals surface area contributed by atoms with E-state index in [0.29, 0.717) is 0 Å². The number of hydrogen-bond donors (Lipinski definition) is 1. The first-order chi connectivity index (χ1) is 10.5. The molecule has 0 amide bonds. The summed E-state index contributed by atoms with van der Waals surface area (Å²) in [5.41, 5.74) is 9.13. The lowest BCUT2D eigenvalue weighted by Crippen LogP contribution is -2.28. The summed E-state index contributed by atoms with van der Waals surface area (Å²) in [6.07, 6.45) is 8.14. The molecule has 2 N–H and O–H groups in total. The van der Waals surface area contributed by atoms with Crippen LogP contribution in [0.5, 0.6) is 5.75 Å². The number of benzene rings is 2. The number of nitrogens with two attached hydrogens (primary N) is 1. The quantitative estimate of drug-likeness (QED) is 0.817. The highest BCUT2D eigenvalue weighted by Crippen LogP contribution is 2.19. The number of methoxy groups -OCH3 is 1. The minimum absolute atomic E-state index is 0.300. The third kappa shape index (κ3) is 4.34. The summed E-state index contributed by atoms with van der Waals surface area (Å²) in [6.45, 7) is 4.02. The number of para-hydroxylation sites is 1. The van der Waals surface area contributed by atoms with Crippen molar-refractivity contribution < 1.29 is 4.74 Å². The molecule has 22 heavy (non-hydrogen) atoms. The van der Waals surface area contributed by atoms with Gasteiger partial charge in [0, 0.05) is 11.1 Å². The van der Waals surface area contributed by atoms with Gasteiger partial charge < -0.3 is 10.5 Å². The minimum atomic E-state index is -0.300. The summed E-state index contributed by atoms with van der Waals surface area (Å²) < 4.78 is 5.32. The van der Waals surface area contributed by atoms with E-state index >= 15 is 0 Å². The predicted octanol–water partition coefficient (Wildman–Crippen LogP) is 4.62. The Morgan fingerprint density at radius 3 is 2.18 bits per heavy atom. The number of allylic oxidation sites excluding steroid dienone is 2. The maximum Gasteiger partial charge on any atom is 0.126 e. The van der Waals surface area contributed by atoms with Crippen LogP contribution in [-0.2, 0) is 5.54 Å². The number of ether oxygens (including phenoxy) is 1. The molecule has 0 atom stereocenters. The molecule has 0 fully saturated rings. The van der Waals surface area contributed by atoms with Crippen LogP contribution in [-0.4, -0.2) is 7.11 Å². The van der Waals surface area contributed by atoms with Crippen LogP contribution in [0.2, 0.25) is 0 Å². The third-order valence-electron chi connectivity index (χ3n) is 3.47. The fourth-order valence-electron chi connectivity index (χ4n) is 2.15. The van der Waals surface area contributed by atoms with Crippen molar-refractivity contribution in [2.45, 2.75) is 19.4 Å². The van der Waals surface area contributed by atoms with Gasteiger partial charge in [-0.1, -0.05) is 66.8 Å². The standard InChI is InChI=1S/C20H23NO/c1-20(2,21)18-14-12-16(13-15-18)8-4-5-9-17-10-6-7-11-19(17)22-3/h4-15H,21H2,1-3H3/b8-4+,9-5+. The Morgan fingerprint density at radius 2 is 1.55 bits per heavy atom. The summed E-state index contributed by atoms with van der Waals surface area (Å²) in [4.78, 5) is 0. The fourth-order valence-corrected chi connectivity index (χ4v) is 2.15. The molecule has 0 unspecified atom stereocenters. The summed E-state index contributed by atoms with van der Waals surface area (Å²) in [6, 6.07) is 16.3. The van der Waals surface area contributed by atoms with E-state index < -0.39 is 0 Å². The van der Waals surface area contributed by atoms with Gasteiger partial charge in [-0.05, 0) is 31.0 Å². The zero-order chi connectivity index (χ0) is 16.0. The molecule has 0 heterocycles. The zero-order valence-corrected chi connectivity index (χ0v) is 13.4. The molecule has 0 saturated heterocycles. The summed E-state index contributed by atoms with van der Waals surface area (Å²) in [7, 11) is 1.68. The fraction of sp³-hybridized carbons (Fsp3) is 0.200. The molecule has 2 aromatic rings. The molecule has 0 aliphatic carbocycles. The van der Waals surface area contributed by atoms with Gasteiger partial charge in [-0.2, -0.15) is 0 Å². The molecule has 0 bridgehead atoms. The first-order valence-electron chi connectivity index (χ1n) is 7.38. The summed E-state index contributed by atoms with van der Waals surface area (Å²) in [5.74, 6) is 0.877. The van der Waals surface area contributed by atoms with Crippen LogP contribution in [0, 0.1) is 0 Å². The van der Waals surface area contributed by atoms with Crippen LogP contribution >= 0.6 is 0 Å². The van der Waals surface area contributed by atoms with E-state index in [1.165, 1.54) is 0 Å². The second-order valence-corrected chi connectivity index (χ2v) is 5.80. The lowest BCUT2D eigenvalue weighted by atomic mass is 9.95. The molecular weight excluding hydrogens is 270 g/mol. The van der Waals surface area contributed by atoms with Gasteiger partial charge in [-0.3, -0.25) is 0 Å². The molecule has 2 nitrogen and oxygen atoms in total. The van der Waals surface area contributed by atoms with Crippen molar-refractivity contribution in [2.75, 3.05) is 7.11 Å². The minimum Gasteiger partial charge on any atom is -0.496 e. The first-order valence-corrected chi connectivity index (χ1v) is 7.38. The molecule has 0 aliphatic rings. The Morgan fingerprint density at radius 1 is 0.909 bits per heavy atom. The lowest BCUT2D eigenvalue weighted by molar-refractivity contribution is 0.414. The van der Waals surface area contributed by atoms with Crippen molar-refractivity contribution in [3.63, 3.8) is 0 Å². The zero-order valence-electron chi connectivity index (χ0n) is 13.4. The maximum atomic E-state index is 6.08. The highest BCUT2D eigenvalue weighted by Gasteiger charge is 2.12. The molecule has 2 heteroatoms. The average Bonchev–Trinajstić information content (AvgIpc) is 2.51. The topological polar surface area (TPSA) is 35.2 Å². The highest BCUT2D eigenvalue weighted by molar-refractivity contribution is 5.61. The van der Waals surface area contributed by atoms with Crippen LogP contribution in [0.3, 0.4) is 0 Å². The van der Waals surface area contributed by atoms with Gasteiger partial charge in [-0.25, -0.2) is 0 Å². The van der Waals surface area contributed by atoms with E-state index in [0.717, 1.165) is 22.4 Å². The van der Waals surface area contributed by atoms with Crippen LogP contribution in [0.1, 0.15) is 30.5 Å². The summed E-state index contributed by atoms with van der Waals surface area (Å²) in [5, 5.41) is 0. The monoisotopic (exact) mass is 293 g/mol. The molecule has 2 aromatic carbocycles. The van der Waals surface area contributed by atoms with Gasteiger partial charge in [0.25, 0.3) is 0 Å². The molecular formula is C20H23NO. The third-order valence-corrected chi connectivity index (χ3v) is 3.47. The van der Waals surface area contributed by atoms with Gasteiger partial charge in [-0.15, -0.1) is 0 Å². The van der Waals surface area contributed by atoms with Crippen LogP contribution in [0.25, 0.3) is 12.2 Å². The molecule has 114 valence electrons. The Balaban J connectivity index is 2.05. The van der Waals surface area contributed by atoms with Crippen LogP contribution < -0.4 is 10.5 Å². The van der Waals surface area contributed by atoms with E-state index in [2.05, 4.69) is 30.3 Å². The van der Waals surface area contributed by atoms with Crippen LogP contribution in [0.4, 0.5) is 0 Å². The Kier molecular flexibility index (Phi) is 5.18. The largest absolute Gasteiger partial charge is 0.496 e. The van der Waals surface area contributed by atoms with Crippen molar-refractivity contribution in [1.82, 2.24) is 0 Å². The number of rotatable bonds is 5. The molecule has 0 spiro atoms. The second kappa shape index (κ2) is 7.10. The first kappa shape index (κ1) is 16.1. The SMILES string of the molecule is COc1ccccc1/C=C/C=C/c1ccc(C(C)(C)N)cc1. The molecule has 2 rings (SSSR count). The van der Waals surface area contributed by atoms with Crippen molar-refractivity contribution >= 4 is 12.2 Å². The van der Waals surface area contributed by atoms with Crippen molar-refractivity contribution in [3.05, 3.63) is 77.4 Å². The van der Waals surface area contributed by atoms with Gasteiger partial charge in [0.05, 0.1) is 7.11 Å². The summed E-state index contributed by atoms with van der Waals surface area (Å²) >= 11 is 0. The van der Waals surface area contributed by atoms with Gasteiger partial charge in [0.15, 0.2) is 0 Å². The smallest absolute Gasteiger partial charge is 0.126 e. The van der Waals surface area contributed by atoms with Crippen molar-refractivity contribution in [3.8, 4) is 5.75 Å². The molecule has 0 saturated carbocycles. The Hall–Kier alpha value is -2.32. The van der Waals surface area contributed by atoms with Gasteiger partial charge in [0.2, 0.25) is 0 Å². The Bertz CT molecular complexity index is 661. The van der Waals surface area contributed by atoms with Crippen LogP contribution in [0.15, 0.2) is 60.7 Å². The number of hydrogen-bond acceptors (Lipinski definition) is 2. The van der Waals surface area contributed by atoms with Crippen molar-refractivity contribution in [2.24, 2.45) is 5.73 Å². The lowest BCUT2D eigenvalue weighted by Gasteiger charge is -2.18. The van der Waals surface area contributed by atoms with E-state index in [1.807, 2.05) is 56.3 Å². The normalized spacial score (nSPS) is 12.2. The Labute approximate surface area is 132 Å². The maximum absolute atomic E-state index is 6.08.